The molecule has 0 radical (unpaired) electrons. The van der Waals surface area contributed by atoms with Crippen molar-refractivity contribution in [2.75, 3.05) is 13.6 Å². The average molecular weight is 227 g/mol. The minimum atomic E-state index is 0.323. The molecule has 0 aliphatic rings. The highest BCUT2D eigenvalue weighted by Crippen LogP contribution is 2.05. The minimum absolute atomic E-state index is 0.323. The van der Waals surface area contributed by atoms with Crippen LogP contribution in [-0.4, -0.2) is 24.4 Å². The number of carbonyl (C=O) groups excluding carboxylic acids is 1. The maximum Gasteiger partial charge on any atom is 0.222 e. The van der Waals surface area contributed by atoms with Crippen LogP contribution in [0.5, 0.6) is 0 Å². The molecule has 0 unspecified atom stereocenters. The van der Waals surface area contributed by atoms with Gasteiger partial charge >= 0.3 is 0 Å². The highest BCUT2D eigenvalue weighted by Gasteiger charge is 2.06. The monoisotopic (exact) mass is 227 g/mol. The van der Waals surface area contributed by atoms with Crippen LogP contribution >= 0.6 is 0 Å². The normalized spacial score (nSPS) is 10.4. The molecule has 0 aliphatic heterocycles. The first-order chi connectivity index (χ1) is 7.72. The Bertz CT molecular complexity index is 168. The van der Waals surface area contributed by atoms with Crippen LogP contribution in [0.3, 0.4) is 0 Å². The number of amides is 1. The van der Waals surface area contributed by atoms with Crippen LogP contribution in [0.2, 0.25) is 0 Å². The molecule has 1 amide bonds. The summed E-state index contributed by atoms with van der Waals surface area (Å²) >= 11 is 0. The molecular formula is C14H29NO. The summed E-state index contributed by atoms with van der Waals surface area (Å²) in [7, 11) is 1.94. The second kappa shape index (κ2) is 11.0. The van der Waals surface area contributed by atoms with Crippen molar-refractivity contribution in [1.29, 1.82) is 0 Å². The molecule has 0 N–H and O–H groups in total. The van der Waals surface area contributed by atoms with Crippen molar-refractivity contribution in [2.24, 2.45) is 0 Å². The van der Waals surface area contributed by atoms with Gasteiger partial charge in [-0.25, -0.2) is 0 Å². The van der Waals surface area contributed by atoms with Gasteiger partial charge in [-0.3, -0.25) is 4.79 Å². The van der Waals surface area contributed by atoms with E-state index in [4.69, 9.17) is 0 Å². The maximum atomic E-state index is 11.7. The fraction of sp³-hybridized carbons (Fsp3) is 0.929. The van der Waals surface area contributed by atoms with E-state index in [0.29, 0.717) is 5.91 Å². The summed E-state index contributed by atoms with van der Waals surface area (Å²) in [4.78, 5) is 13.6. The third-order valence-corrected chi connectivity index (χ3v) is 3.02. The highest BCUT2D eigenvalue weighted by atomic mass is 16.2. The van der Waals surface area contributed by atoms with E-state index in [1.54, 1.807) is 0 Å². The zero-order valence-corrected chi connectivity index (χ0v) is 11.4. The van der Waals surface area contributed by atoms with Crippen LogP contribution in [0, 0.1) is 0 Å². The first-order valence-electron chi connectivity index (χ1n) is 6.96. The number of nitrogens with zero attached hydrogens (tertiary/aromatic N) is 1. The van der Waals surface area contributed by atoms with Gasteiger partial charge in [0, 0.05) is 20.0 Å². The molecule has 0 heterocycles. The first-order valence-corrected chi connectivity index (χ1v) is 6.96. The van der Waals surface area contributed by atoms with Gasteiger partial charge in [-0.15, -0.1) is 0 Å². The Morgan fingerprint density at radius 3 is 2.06 bits per heavy atom. The lowest BCUT2D eigenvalue weighted by atomic mass is 10.1. The van der Waals surface area contributed by atoms with Crippen LogP contribution in [0.4, 0.5) is 0 Å². The summed E-state index contributed by atoms with van der Waals surface area (Å²) in [5, 5.41) is 0. The van der Waals surface area contributed by atoms with Crippen molar-refractivity contribution in [3.8, 4) is 0 Å². The van der Waals surface area contributed by atoms with Gasteiger partial charge in [-0.2, -0.15) is 0 Å². The van der Waals surface area contributed by atoms with Gasteiger partial charge in [-0.05, 0) is 12.8 Å². The lowest BCUT2D eigenvalue weighted by molar-refractivity contribution is -0.130. The Balaban J connectivity index is 3.40. The van der Waals surface area contributed by atoms with Crippen molar-refractivity contribution in [2.45, 2.75) is 71.6 Å². The van der Waals surface area contributed by atoms with Crippen molar-refractivity contribution >= 4 is 5.91 Å². The molecule has 0 aromatic carbocycles. The molecule has 0 rings (SSSR count). The van der Waals surface area contributed by atoms with Gasteiger partial charge in [-0.1, -0.05) is 52.4 Å². The van der Waals surface area contributed by atoms with Crippen LogP contribution in [-0.2, 0) is 4.79 Å². The Kier molecular flexibility index (Phi) is 10.6. The Hall–Kier alpha value is -0.530. The smallest absolute Gasteiger partial charge is 0.222 e. The van der Waals surface area contributed by atoms with E-state index >= 15 is 0 Å². The fourth-order valence-corrected chi connectivity index (χ4v) is 1.79. The van der Waals surface area contributed by atoms with E-state index in [1.807, 2.05) is 11.9 Å². The third-order valence-electron chi connectivity index (χ3n) is 3.02. The van der Waals surface area contributed by atoms with E-state index in [9.17, 15) is 4.79 Å². The summed E-state index contributed by atoms with van der Waals surface area (Å²) in [5.41, 5.74) is 0. The number of rotatable bonds is 10. The topological polar surface area (TPSA) is 20.3 Å². The highest BCUT2D eigenvalue weighted by molar-refractivity contribution is 5.75. The van der Waals surface area contributed by atoms with E-state index in [1.165, 1.54) is 38.5 Å². The van der Waals surface area contributed by atoms with Crippen molar-refractivity contribution < 1.29 is 4.79 Å². The van der Waals surface area contributed by atoms with Gasteiger partial charge in [0.2, 0.25) is 5.91 Å². The van der Waals surface area contributed by atoms with Crippen LogP contribution in [0.25, 0.3) is 0 Å². The first kappa shape index (κ1) is 15.5. The summed E-state index contributed by atoms with van der Waals surface area (Å²) in [6, 6.07) is 0. The van der Waals surface area contributed by atoms with Crippen molar-refractivity contribution in [1.82, 2.24) is 4.90 Å². The maximum absolute atomic E-state index is 11.7. The number of carbonyl (C=O) groups is 1. The SMILES string of the molecule is CCCCCCCN(C)C(=O)CCCCC. The number of unbranched alkanes of at least 4 members (excludes halogenated alkanes) is 6. The van der Waals surface area contributed by atoms with Crippen molar-refractivity contribution in [3.05, 3.63) is 0 Å². The summed E-state index contributed by atoms with van der Waals surface area (Å²) in [5.74, 6) is 0.323. The van der Waals surface area contributed by atoms with Crippen LogP contribution < -0.4 is 0 Å². The van der Waals surface area contributed by atoms with Crippen molar-refractivity contribution in [3.63, 3.8) is 0 Å². The lowest BCUT2D eigenvalue weighted by Crippen LogP contribution is -2.27. The average Bonchev–Trinajstić information content (AvgIpc) is 2.28. The molecule has 0 aromatic heterocycles. The molecule has 0 saturated heterocycles. The molecule has 16 heavy (non-hydrogen) atoms. The minimum Gasteiger partial charge on any atom is -0.346 e. The number of hydrogen-bond donors (Lipinski definition) is 0. The van der Waals surface area contributed by atoms with Crippen LogP contribution in [0.15, 0.2) is 0 Å². The standard InChI is InChI=1S/C14H29NO/c1-4-6-8-9-11-13-15(3)14(16)12-10-7-5-2/h4-13H2,1-3H3. The predicted octanol–water partition coefficient (Wildman–Crippen LogP) is 4.00. The van der Waals surface area contributed by atoms with Crippen LogP contribution in [0.1, 0.15) is 71.6 Å². The molecular weight excluding hydrogens is 198 g/mol. The fourth-order valence-electron chi connectivity index (χ4n) is 1.79. The molecule has 0 aliphatic carbocycles. The molecule has 0 aromatic rings. The van der Waals surface area contributed by atoms with Gasteiger partial charge < -0.3 is 4.90 Å². The third kappa shape index (κ3) is 8.75. The molecule has 0 fully saturated rings. The molecule has 0 saturated carbocycles. The predicted molar refractivity (Wildman–Crippen MR) is 70.5 cm³/mol. The van der Waals surface area contributed by atoms with E-state index in [2.05, 4.69) is 13.8 Å². The van der Waals surface area contributed by atoms with E-state index in [-0.39, 0.29) is 0 Å². The lowest BCUT2D eigenvalue weighted by Gasteiger charge is -2.16. The summed E-state index contributed by atoms with van der Waals surface area (Å²) < 4.78 is 0. The quantitative estimate of drug-likeness (QED) is 0.517. The molecule has 0 atom stereocenters. The molecule has 2 heteroatoms. The molecule has 0 spiro atoms. The summed E-state index contributed by atoms with van der Waals surface area (Å²) in [6.45, 7) is 5.33. The van der Waals surface area contributed by atoms with Gasteiger partial charge in [0.25, 0.3) is 0 Å². The Labute approximate surface area is 101 Å². The largest absolute Gasteiger partial charge is 0.346 e. The molecule has 0 bridgehead atoms. The second-order valence-electron chi connectivity index (χ2n) is 4.69. The zero-order chi connectivity index (χ0) is 12.2. The van der Waals surface area contributed by atoms with Gasteiger partial charge in [0.15, 0.2) is 0 Å². The van der Waals surface area contributed by atoms with Gasteiger partial charge in [0.1, 0.15) is 0 Å². The zero-order valence-electron chi connectivity index (χ0n) is 11.4. The number of hydrogen-bond acceptors (Lipinski definition) is 1. The second-order valence-corrected chi connectivity index (χ2v) is 4.69. The van der Waals surface area contributed by atoms with Gasteiger partial charge in [0.05, 0.1) is 0 Å². The molecule has 2 nitrogen and oxygen atoms in total. The molecule has 96 valence electrons. The van der Waals surface area contributed by atoms with E-state index in [0.717, 1.165) is 25.8 Å². The summed E-state index contributed by atoms with van der Waals surface area (Å²) in [6.07, 6.45) is 10.5. The Morgan fingerprint density at radius 2 is 1.44 bits per heavy atom. The Morgan fingerprint density at radius 1 is 0.875 bits per heavy atom. The van der Waals surface area contributed by atoms with E-state index < -0.39 is 0 Å².